The van der Waals surface area contributed by atoms with Crippen LogP contribution in [0, 0.1) is 0 Å². The maximum absolute atomic E-state index is 12.4. The number of hydrogen-bond acceptors (Lipinski definition) is 4. The van der Waals surface area contributed by atoms with Crippen molar-refractivity contribution in [3.63, 3.8) is 0 Å². The Balaban J connectivity index is 2.09. The van der Waals surface area contributed by atoms with E-state index in [1.807, 2.05) is 45.9 Å². The molecule has 5 nitrogen and oxygen atoms in total. The average Bonchev–Trinajstić information content (AvgIpc) is 2.57. The number of carbonyl (C=O) groups excluding carboxylic acids is 2. The highest BCUT2D eigenvalue weighted by Gasteiger charge is 2.18. The number of anilines is 1. The number of ether oxygens (including phenoxy) is 2. The lowest BCUT2D eigenvalue weighted by Gasteiger charge is -2.15. The zero-order valence-electron chi connectivity index (χ0n) is 15.6. The highest BCUT2D eigenvalue weighted by Crippen LogP contribution is 2.25. The topological polar surface area (TPSA) is 64.6 Å². The van der Waals surface area contributed by atoms with Crippen LogP contribution in [0.2, 0.25) is 0 Å². The summed E-state index contributed by atoms with van der Waals surface area (Å²) in [6, 6.07) is 14.3. The van der Waals surface area contributed by atoms with Crippen molar-refractivity contribution in [2.45, 2.75) is 46.3 Å². The number of hydrogen-bond donors (Lipinski definition) is 1. The first kappa shape index (κ1) is 19.5. The van der Waals surface area contributed by atoms with Crippen LogP contribution >= 0.6 is 0 Å². The van der Waals surface area contributed by atoms with Gasteiger partial charge in [0.25, 0.3) is 5.91 Å². The Bertz CT molecular complexity index is 703. The molecule has 0 atom stereocenters. The highest BCUT2D eigenvalue weighted by molar-refractivity contribution is 6.41. The van der Waals surface area contributed by atoms with Gasteiger partial charge in [0.15, 0.2) is 0 Å². The molecule has 138 valence electrons. The number of para-hydroxylation sites is 3. The van der Waals surface area contributed by atoms with Gasteiger partial charge >= 0.3 is 0 Å². The summed E-state index contributed by atoms with van der Waals surface area (Å²) < 4.78 is 11.4. The molecule has 5 heteroatoms. The molecule has 0 saturated carbocycles. The van der Waals surface area contributed by atoms with Crippen molar-refractivity contribution in [1.29, 1.82) is 0 Å². The van der Waals surface area contributed by atoms with Gasteiger partial charge in [0, 0.05) is 12.0 Å². The van der Waals surface area contributed by atoms with E-state index in [2.05, 4.69) is 5.32 Å². The number of carbonyl (C=O) groups is 2. The Kier molecular flexibility index (Phi) is 6.78. The number of benzene rings is 2. The van der Waals surface area contributed by atoms with Crippen LogP contribution < -0.4 is 14.8 Å². The first-order valence-electron chi connectivity index (χ1n) is 8.71. The molecule has 0 aliphatic carbocycles. The molecule has 0 spiro atoms. The zero-order valence-corrected chi connectivity index (χ0v) is 15.6. The Morgan fingerprint density at radius 3 is 2.04 bits per heavy atom. The van der Waals surface area contributed by atoms with Crippen LogP contribution in [-0.2, 0) is 16.0 Å². The van der Waals surface area contributed by atoms with Gasteiger partial charge in [-0.3, -0.25) is 9.59 Å². The van der Waals surface area contributed by atoms with Crippen molar-refractivity contribution in [2.24, 2.45) is 0 Å². The van der Waals surface area contributed by atoms with E-state index in [1.54, 1.807) is 30.3 Å². The van der Waals surface area contributed by atoms with E-state index < -0.39 is 11.7 Å². The van der Waals surface area contributed by atoms with Crippen LogP contribution in [0.5, 0.6) is 11.5 Å². The minimum absolute atomic E-state index is 0.0138. The number of nitrogens with one attached hydrogen (secondary N) is 1. The molecule has 0 unspecified atom stereocenters. The molecule has 0 aliphatic heterocycles. The van der Waals surface area contributed by atoms with Crippen molar-refractivity contribution in [3.05, 3.63) is 54.1 Å². The lowest BCUT2D eigenvalue weighted by atomic mass is 10.1. The van der Waals surface area contributed by atoms with Gasteiger partial charge in [-0.2, -0.15) is 0 Å². The summed E-state index contributed by atoms with van der Waals surface area (Å²) in [7, 11) is 0. The van der Waals surface area contributed by atoms with Gasteiger partial charge in [-0.15, -0.1) is 0 Å². The summed E-state index contributed by atoms with van der Waals surface area (Å²) in [5, 5.41) is 2.64. The van der Waals surface area contributed by atoms with E-state index in [0.717, 1.165) is 0 Å². The minimum Gasteiger partial charge on any atom is -0.491 e. The van der Waals surface area contributed by atoms with Crippen LogP contribution in [0.4, 0.5) is 5.69 Å². The molecule has 0 saturated heterocycles. The standard InChI is InChI=1S/C21H25NO4/c1-14(2)25-19-11-7-5-9-16(19)13-18(23)21(24)22-17-10-6-8-12-20(17)26-15(3)4/h5-12,14-15H,13H2,1-4H3,(H,22,24). The van der Waals surface area contributed by atoms with Gasteiger partial charge in [0.2, 0.25) is 5.78 Å². The molecule has 0 aromatic heterocycles. The number of Topliss-reactive ketones (excluding diaryl/α,β-unsaturated/α-hetero) is 1. The first-order valence-corrected chi connectivity index (χ1v) is 8.71. The molecular weight excluding hydrogens is 330 g/mol. The maximum Gasteiger partial charge on any atom is 0.292 e. The molecule has 0 bridgehead atoms. The number of ketones is 1. The largest absolute Gasteiger partial charge is 0.491 e. The maximum atomic E-state index is 12.4. The molecule has 2 rings (SSSR count). The zero-order chi connectivity index (χ0) is 19.1. The van der Waals surface area contributed by atoms with Crippen LogP contribution in [0.1, 0.15) is 33.3 Å². The summed E-state index contributed by atoms with van der Waals surface area (Å²) in [6.07, 6.45) is -0.0778. The van der Waals surface area contributed by atoms with Gasteiger partial charge in [-0.1, -0.05) is 30.3 Å². The molecule has 1 N–H and O–H groups in total. The third-order valence-corrected chi connectivity index (χ3v) is 3.44. The SMILES string of the molecule is CC(C)Oc1ccccc1CC(=O)C(=O)Nc1ccccc1OC(C)C. The predicted octanol–water partition coefficient (Wildman–Crippen LogP) is 4.01. The Morgan fingerprint density at radius 1 is 0.846 bits per heavy atom. The van der Waals surface area contributed by atoms with Crippen LogP contribution in [-0.4, -0.2) is 23.9 Å². The van der Waals surface area contributed by atoms with Crippen molar-refractivity contribution in [1.82, 2.24) is 0 Å². The van der Waals surface area contributed by atoms with E-state index in [0.29, 0.717) is 22.7 Å². The molecule has 0 heterocycles. The van der Waals surface area contributed by atoms with Crippen molar-refractivity contribution in [3.8, 4) is 11.5 Å². The van der Waals surface area contributed by atoms with Gasteiger partial charge in [0.05, 0.1) is 17.9 Å². The first-order chi connectivity index (χ1) is 12.4. The Morgan fingerprint density at radius 2 is 1.38 bits per heavy atom. The summed E-state index contributed by atoms with van der Waals surface area (Å²) in [5.74, 6) is -0.0623. The minimum atomic E-state index is -0.677. The molecule has 26 heavy (non-hydrogen) atoms. The molecule has 0 fully saturated rings. The summed E-state index contributed by atoms with van der Waals surface area (Å²) in [5.41, 5.74) is 1.17. The lowest BCUT2D eigenvalue weighted by Crippen LogP contribution is -2.25. The monoisotopic (exact) mass is 355 g/mol. The molecular formula is C21H25NO4. The second kappa shape index (κ2) is 9.04. The molecule has 0 aliphatic rings. The van der Waals surface area contributed by atoms with E-state index in [1.165, 1.54) is 0 Å². The fourth-order valence-corrected chi connectivity index (χ4v) is 2.39. The van der Waals surface area contributed by atoms with Crippen molar-refractivity contribution >= 4 is 17.4 Å². The quantitative estimate of drug-likeness (QED) is 0.727. The molecule has 2 aromatic carbocycles. The van der Waals surface area contributed by atoms with E-state index in [9.17, 15) is 9.59 Å². The van der Waals surface area contributed by atoms with Crippen molar-refractivity contribution < 1.29 is 19.1 Å². The summed E-state index contributed by atoms with van der Waals surface area (Å²) in [4.78, 5) is 24.7. The van der Waals surface area contributed by atoms with E-state index in [4.69, 9.17) is 9.47 Å². The van der Waals surface area contributed by atoms with Crippen molar-refractivity contribution in [2.75, 3.05) is 5.32 Å². The number of rotatable bonds is 8. The van der Waals surface area contributed by atoms with Crippen LogP contribution in [0.3, 0.4) is 0 Å². The highest BCUT2D eigenvalue weighted by atomic mass is 16.5. The van der Waals surface area contributed by atoms with Crippen LogP contribution in [0.15, 0.2) is 48.5 Å². The summed E-state index contributed by atoms with van der Waals surface area (Å²) >= 11 is 0. The Labute approximate surface area is 154 Å². The smallest absolute Gasteiger partial charge is 0.292 e. The molecule has 0 radical (unpaired) electrons. The summed E-state index contributed by atoms with van der Waals surface area (Å²) in [6.45, 7) is 7.62. The second-order valence-corrected chi connectivity index (χ2v) is 6.49. The lowest BCUT2D eigenvalue weighted by molar-refractivity contribution is -0.134. The third kappa shape index (κ3) is 5.62. The third-order valence-electron chi connectivity index (χ3n) is 3.44. The molecule has 2 aromatic rings. The van der Waals surface area contributed by atoms with Gasteiger partial charge in [-0.05, 0) is 45.9 Å². The molecule has 1 amide bonds. The average molecular weight is 355 g/mol. The van der Waals surface area contributed by atoms with Gasteiger partial charge < -0.3 is 14.8 Å². The van der Waals surface area contributed by atoms with Gasteiger partial charge in [-0.25, -0.2) is 0 Å². The van der Waals surface area contributed by atoms with Crippen LogP contribution in [0.25, 0.3) is 0 Å². The Hall–Kier alpha value is -2.82. The number of amides is 1. The van der Waals surface area contributed by atoms with E-state index >= 15 is 0 Å². The fourth-order valence-electron chi connectivity index (χ4n) is 2.39. The fraction of sp³-hybridized carbons (Fsp3) is 0.333. The normalized spacial score (nSPS) is 10.7. The van der Waals surface area contributed by atoms with Gasteiger partial charge in [0.1, 0.15) is 11.5 Å². The second-order valence-electron chi connectivity index (χ2n) is 6.49. The van der Waals surface area contributed by atoms with E-state index in [-0.39, 0.29) is 18.6 Å². The predicted molar refractivity (Wildman–Crippen MR) is 102 cm³/mol.